The Morgan fingerprint density at radius 1 is 1.18 bits per heavy atom. The monoisotopic (exact) mass is 228 g/mol. The summed E-state index contributed by atoms with van der Waals surface area (Å²) in [5.74, 6) is 0. The molecule has 0 spiro atoms. The lowest BCUT2D eigenvalue weighted by molar-refractivity contribution is -0.0411. The van der Waals surface area contributed by atoms with Gasteiger partial charge in [-0.25, -0.2) is 0 Å². The molecule has 3 nitrogen and oxygen atoms in total. The predicted molar refractivity (Wildman–Crippen MR) is 63.8 cm³/mol. The van der Waals surface area contributed by atoms with E-state index in [1.807, 2.05) is 35.2 Å². The number of aliphatic hydroxyl groups is 1. The molecule has 2 fully saturated rings. The summed E-state index contributed by atoms with van der Waals surface area (Å²) in [6, 6.07) is 10.3. The van der Waals surface area contributed by atoms with Crippen LogP contribution in [0.4, 0.5) is 0 Å². The second-order valence-electron chi connectivity index (χ2n) is 5.20. The summed E-state index contributed by atoms with van der Waals surface area (Å²) in [6.45, 7) is 0. The molecular weight excluding hydrogens is 212 g/mol. The average Bonchev–Trinajstić information content (AvgIpc) is 2.62. The van der Waals surface area contributed by atoms with E-state index in [1.54, 1.807) is 0 Å². The van der Waals surface area contributed by atoms with E-state index in [0.717, 1.165) is 18.4 Å². The van der Waals surface area contributed by atoms with Crippen molar-refractivity contribution in [2.24, 2.45) is 0 Å². The first-order valence-electron chi connectivity index (χ1n) is 6.19. The van der Waals surface area contributed by atoms with E-state index in [-0.39, 0.29) is 12.1 Å². The summed E-state index contributed by atoms with van der Waals surface area (Å²) in [4.78, 5) is 1.89. The zero-order valence-electron chi connectivity index (χ0n) is 9.71. The van der Waals surface area contributed by atoms with E-state index in [4.69, 9.17) is 5.26 Å². The summed E-state index contributed by atoms with van der Waals surface area (Å²) in [6.07, 6.45) is 5.71. The summed E-state index contributed by atoms with van der Waals surface area (Å²) in [7, 11) is 0. The smallest absolute Gasteiger partial charge is 0.179 e. The highest BCUT2D eigenvalue weighted by Crippen LogP contribution is 2.45. The number of hydrogen-bond acceptors (Lipinski definition) is 3. The Morgan fingerprint density at radius 2 is 1.76 bits per heavy atom. The van der Waals surface area contributed by atoms with Crippen molar-refractivity contribution in [3.8, 4) is 6.19 Å². The van der Waals surface area contributed by atoms with E-state index in [2.05, 4.69) is 6.19 Å². The molecule has 17 heavy (non-hydrogen) atoms. The molecule has 0 aliphatic carbocycles. The maximum Gasteiger partial charge on any atom is 0.179 e. The van der Waals surface area contributed by atoms with Gasteiger partial charge in [-0.1, -0.05) is 30.3 Å². The van der Waals surface area contributed by atoms with Gasteiger partial charge in [-0.05, 0) is 18.4 Å². The van der Waals surface area contributed by atoms with Crippen LogP contribution in [0.2, 0.25) is 0 Å². The van der Waals surface area contributed by atoms with Crippen molar-refractivity contribution in [2.75, 3.05) is 0 Å². The molecule has 88 valence electrons. The van der Waals surface area contributed by atoms with Gasteiger partial charge in [0.1, 0.15) is 0 Å². The number of hydrogen-bond donors (Lipinski definition) is 1. The first-order valence-corrected chi connectivity index (χ1v) is 6.19. The zero-order valence-corrected chi connectivity index (χ0v) is 9.71. The Labute approximate surface area is 101 Å². The maximum atomic E-state index is 10.8. The largest absolute Gasteiger partial charge is 0.385 e. The van der Waals surface area contributed by atoms with Crippen molar-refractivity contribution in [1.29, 1.82) is 5.26 Å². The molecule has 0 aromatic heterocycles. The standard InChI is InChI=1S/C14H16N2O/c15-10-16-12-6-7-13(16)9-14(17,8-12)11-4-2-1-3-5-11/h1-5,12-13,17H,6-9H2/t12-,13+,14?. The van der Waals surface area contributed by atoms with Crippen molar-refractivity contribution in [3.05, 3.63) is 35.9 Å². The molecule has 2 aliphatic heterocycles. The highest BCUT2D eigenvalue weighted by atomic mass is 16.3. The molecule has 0 saturated carbocycles. The molecular formula is C14H16N2O. The van der Waals surface area contributed by atoms with E-state index >= 15 is 0 Å². The van der Waals surface area contributed by atoms with Crippen LogP contribution in [-0.4, -0.2) is 22.1 Å². The van der Waals surface area contributed by atoms with Gasteiger partial charge >= 0.3 is 0 Å². The van der Waals surface area contributed by atoms with Gasteiger partial charge < -0.3 is 10.0 Å². The third kappa shape index (κ3) is 1.60. The highest BCUT2D eigenvalue weighted by molar-refractivity contribution is 5.25. The van der Waals surface area contributed by atoms with Crippen LogP contribution < -0.4 is 0 Å². The Bertz CT molecular complexity index is 437. The predicted octanol–water partition coefficient (Wildman–Crippen LogP) is 1.98. The minimum Gasteiger partial charge on any atom is -0.385 e. The van der Waals surface area contributed by atoms with Crippen molar-refractivity contribution in [2.45, 2.75) is 43.4 Å². The molecule has 2 saturated heterocycles. The number of nitrogens with zero attached hydrogens (tertiary/aromatic N) is 2. The van der Waals surface area contributed by atoms with Crippen LogP contribution in [0.15, 0.2) is 30.3 Å². The molecule has 2 heterocycles. The van der Waals surface area contributed by atoms with Gasteiger partial charge in [-0.2, -0.15) is 5.26 Å². The molecule has 3 heteroatoms. The minimum atomic E-state index is -0.736. The lowest BCUT2D eigenvalue weighted by atomic mass is 9.81. The van der Waals surface area contributed by atoms with Crippen LogP contribution in [0.25, 0.3) is 0 Å². The lowest BCUT2D eigenvalue weighted by Gasteiger charge is -2.41. The van der Waals surface area contributed by atoms with E-state index in [1.165, 1.54) is 0 Å². The lowest BCUT2D eigenvalue weighted by Crippen LogP contribution is -2.47. The molecule has 1 aromatic carbocycles. The third-order valence-corrected chi connectivity index (χ3v) is 4.19. The summed E-state index contributed by atoms with van der Waals surface area (Å²) in [5.41, 5.74) is 0.259. The highest BCUT2D eigenvalue weighted by Gasteiger charge is 2.48. The number of rotatable bonds is 1. The Kier molecular flexibility index (Phi) is 2.34. The number of benzene rings is 1. The van der Waals surface area contributed by atoms with Crippen LogP contribution >= 0.6 is 0 Å². The zero-order chi connectivity index (χ0) is 11.9. The average molecular weight is 228 g/mol. The first-order chi connectivity index (χ1) is 8.23. The molecule has 0 amide bonds. The van der Waals surface area contributed by atoms with E-state index < -0.39 is 5.60 Å². The van der Waals surface area contributed by atoms with Crippen molar-refractivity contribution < 1.29 is 5.11 Å². The first kappa shape index (κ1) is 10.6. The number of piperidine rings is 1. The summed E-state index contributed by atoms with van der Waals surface area (Å²) in [5, 5.41) is 19.9. The van der Waals surface area contributed by atoms with Crippen molar-refractivity contribution in [3.63, 3.8) is 0 Å². The SMILES string of the molecule is N#CN1[C@@H]2CC[C@H]1CC(O)(c1ccccc1)C2. The second-order valence-corrected chi connectivity index (χ2v) is 5.20. The molecule has 0 radical (unpaired) electrons. The second kappa shape index (κ2) is 3.75. The fourth-order valence-electron chi connectivity index (χ4n) is 3.37. The molecule has 1 unspecified atom stereocenters. The van der Waals surface area contributed by atoms with Gasteiger partial charge in [-0.3, -0.25) is 0 Å². The minimum absolute atomic E-state index is 0.226. The Morgan fingerprint density at radius 3 is 2.29 bits per heavy atom. The topological polar surface area (TPSA) is 47.3 Å². The van der Waals surface area contributed by atoms with Gasteiger partial charge in [0.15, 0.2) is 6.19 Å². The molecule has 2 aliphatic rings. The summed E-state index contributed by atoms with van der Waals surface area (Å²) >= 11 is 0. The van der Waals surface area contributed by atoms with Gasteiger partial charge in [-0.15, -0.1) is 0 Å². The van der Waals surface area contributed by atoms with Gasteiger partial charge in [0.25, 0.3) is 0 Å². The maximum absolute atomic E-state index is 10.8. The van der Waals surface area contributed by atoms with Gasteiger partial charge in [0.05, 0.1) is 5.60 Å². The molecule has 3 rings (SSSR count). The van der Waals surface area contributed by atoms with Crippen molar-refractivity contribution >= 4 is 0 Å². The van der Waals surface area contributed by atoms with Gasteiger partial charge in [0, 0.05) is 24.9 Å². The molecule has 2 bridgehead atoms. The fourth-order valence-corrected chi connectivity index (χ4v) is 3.37. The molecule has 1 aromatic rings. The van der Waals surface area contributed by atoms with Crippen LogP contribution in [0, 0.1) is 11.5 Å². The van der Waals surface area contributed by atoms with E-state index in [0.29, 0.717) is 12.8 Å². The van der Waals surface area contributed by atoms with E-state index in [9.17, 15) is 5.11 Å². The Balaban J connectivity index is 1.91. The van der Waals surface area contributed by atoms with Crippen LogP contribution in [0.5, 0.6) is 0 Å². The quantitative estimate of drug-likeness (QED) is 0.748. The van der Waals surface area contributed by atoms with Crippen LogP contribution in [-0.2, 0) is 5.60 Å². The number of fused-ring (bicyclic) bond motifs is 2. The normalized spacial score (nSPS) is 35.6. The fraction of sp³-hybridized carbons (Fsp3) is 0.500. The molecule has 1 N–H and O–H groups in total. The van der Waals surface area contributed by atoms with Crippen molar-refractivity contribution in [1.82, 2.24) is 4.90 Å². The summed E-state index contributed by atoms with van der Waals surface area (Å²) < 4.78 is 0. The third-order valence-electron chi connectivity index (χ3n) is 4.19. The van der Waals surface area contributed by atoms with Gasteiger partial charge in [0.2, 0.25) is 0 Å². The molecule has 3 atom stereocenters. The van der Waals surface area contributed by atoms with Crippen LogP contribution in [0.3, 0.4) is 0 Å². The van der Waals surface area contributed by atoms with Crippen LogP contribution in [0.1, 0.15) is 31.2 Å². The Hall–Kier alpha value is -1.53. The number of nitriles is 1.